The summed E-state index contributed by atoms with van der Waals surface area (Å²) in [4.78, 5) is 29.2. The Bertz CT molecular complexity index is 1170. The maximum atomic E-state index is 12.6. The Morgan fingerprint density at radius 1 is 1.08 bits per heavy atom. The lowest BCUT2D eigenvalue weighted by Crippen LogP contribution is -2.15. The topological polar surface area (TPSA) is 72.2 Å². The summed E-state index contributed by atoms with van der Waals surface area (Å²) in [6.45, 7) is 1.83. The van der Waals surface area contributed by atoms with Crippen LogP contribution in [-0.4, -0.2) is 10.9 Å². The van der Waals surface area contributed by atoms with Gasteiger partial charge in [-0.15, -0.1) is 0 Å². The number of hydrogen-bond acceptors (Lipinski definition) is 4. The number of carbonyl (C=O) groups excluding carboxylic acids is 1. The van der Waals surface area contributed by atoms with Gasteiger partial charge >= 0.3 is 0 Å². The van der Waals surface area contributed by atoms with Crippen molar-refractivity contribution < 1.29 is 9.21 Å². The molecule has 5 nitrogen and oxygen atoms in total. The molecule has 5 heteroatoms. The molecule has 2 aromatic carbocycles. The lowest BCUT2D eigenvalue weighted by molar-refractivity contribution is 0.0997. The van der Waals surface area contributed by atoms with Gasteiger partial charge in [0.2, 0.25) is 0 Å². The van der Waals surface area contributed by atoms with E-state index in [0.717, 1.165) is 10.9 Å². The van der Waals surface area contributed by atoms with Gasteiger partial charge in [-0.1, -0.05) is 30.3 Å². The van der Waals surface area contributed by atoms with Crippen LogP contribution < -0.4 is 10.7 Å². The fourth-order valence-electron chi connectivity index (χ4n) is 2.82. The molecule has 0 fully saturated rings. The van der Waals surface area contributed by atoms with Gasteiger partial charge in [-0.2, -0.15) is 0 Å². The van der Waals surface area contributed by atoms with E-state index in [4.69, 9.17) is 4.42 Å². The fraction of sp³-hybridized carbons (Fsp3) is 0.0500. The van der Waals surface area contributed by atoms with Crippen molar-refractivity contribution in [3.8, 4) is 0 Å². The maximum Gasteiger partial charge on any atom is 0.291 e. The molecule has 1 N–H and O–H groups in total. The van der Waals surface area contributed by atoms with Crippen molar-refractivity contribution in [2.45, 2.75) is 6.92 Å². The van der Waals surface area contributed by atoms with E-state index in [1.54, 1.807) is 24.4 Å². The van der Waals surface area contributed by atoms with Crippen LogP contribution >= 0.6 is 0 Å². The van der Waals surface area contributed by atoms with Crippen molar-refractivity contribution >= 4 is 33.5 Å². The molecule has 0 bridgehead atoms. The number of nitrogens with one attached hydrogen (secondary N) is 1. The van der Waals surface area contributed by atoms with Crippen molar-refractivity contribution in [2.24, 2.45) is 0 Å². The van der Waals surface area contributed by atoms with Crippen LogP contribution in [-0.2, 0) is 0 Å². The minimum atomic E-state index is -0.486. The monoisotopic (exact) mass is 330 g/mol. The van der Waals surface area contributed by atoms with E-state index >= 15 is 0 Å². The van der Waals surface area contributed by atoms with Crippen molar-refractivity contribution in [3.63, 3.8) is 0 Å². The van der Waals surface area contributed by atoms with Crippen molar-refractivity contribution in [1.29, 1.82) is 0 Å². The first-order valence-electron chi connectivity index (χ1n) is 7.82. The van der Waals surface area contributed by atoms with Gasteiger partial charge in [-0.05, 0) is 30.7 Å². The highest BCUT2D eigenvalue weighted by Crippen LogP contribution is 2.22. The van der Waals surface area contributed by atoms with Gasteiger partial charge in [-0.25, -0.2) is 0 Å². The van der Waals surface area contributed by atoms with Gasteiger partial charge in [-0.3, -0.25) is 14.6 Å². The quantitative estimate of drug-likeness (QED) is 0.605. The summed E-state index contributed by atoms with van der Waals surface area (Å²) in [5.41, 5.74) is 2.23. The molecule has 0 spiro atoms. The van der Waals surface area contributed by atoms with Crippen molar-refractivity contribution in [2.75, 3.05) is 5.32 Å². The molecule has 1 amide bonds. The highest BCUT2D eigenvalue weighted by Gasteiger charge is 2.15. The number of anilines is 1. The molecule has 0 aliphatic heterocycles. The minimum absolute atomic E-state index is 0.0280. The van der Waals surface area contributed by atoms with E-state index in [0.29, 0.717) is 22.2 Å². The van der Waals surface area contributed by atoms with E-state index in [9.17, 15) is 9.59 Å². The molecular weight excluding hydrogens is 316 g/mol. The number of nitrogens with zero attached hydrogens (tertiary/aromatic N) is 1. The molecule has 0 aliphatic carbocycles. The molecule has 0 atom stereocenters. The summed E-state index contributed by atoms with van der Waals surface area (Å²) in [6.07, 6.45) is 1.66. The number of hydrogen-bond donors (Lipinski definition) is 1. The maximum absolute atomic E-state index is 12.6. The van der Waals surface area contributed by atoms with Crippen LogP contribution in [0, 0.1) is 6.92 Å². The number of aryl methyl sites for hydroxylation is 1. The third-order valence-corrected chi connectivity index (χ3v) is 4.06. The molecule has 0 aliphatic rings. The van der Waals surface area contributed by atoms with E-state index < -0.39 is 5.91 Å². The van der Waals surface area contributed by atoms with Gasteiger partial charge in [0.25, 0.3) is 5.91 Å². The molecule has 2 aromatic heterocycles. The van der Waals surface area contributed by atoms with E-state index in [1.165, 1.54) is 6.07 Å². The Morgan fingerprint density at radius 2 is 1.88 bits per heavy atom. The molecule has 25 heavy (non-hydrogen) atoms. The lowest BCUT2D eigenvalue weighted by Gasteiger charge is -2.08. The average molecular weight is 330 g/mol. The zero-order valence-electron chi connectivity index (χ0n) is 13.4. The number of aromatic nitrogens is 1. The summed E-state index contributed by atoms with van der Waals surface area (Å²) in [7, 11) is 0. The predicted molar refractivity (Wildman–Crippen MR) is 96.9 cm³/mol. The summed E-state index contributed by atoms with van der Waals surface area (Å²) in [5, 5.41) is 4.15. The standard InChI is InChI=1S/C20H14N2O3/c1-12-5-2-8-14-16(23)11-17(25-19(12)14)20(24)22-15-9-3-6-13-7-4-10-21-18(13)15/h2-11H,1H3,(H,22,24). The Labute approximate surface area is 142 Å². The molecule has 0 unspecified atom stereocenters. The first-order chi connectivity index (χ1) is 12.1. The minimum Gasteiger partial charge on any atom is -0.450 e. The number of benzene rings is 2. The number of fused-ring (bicyclic) bond motifs is 2. The smallest absolute Gasteiger partial charge is 0.291 e. The number of rotatable bonds is 2. The summed E-state index contributed by atoms with van der Waals surface area (Å²) < 4.78 is 5.69. The van der Waals surface area contributed by atoms with Gasteiger partial charge in [0.05, 0.1) is 16.6 Å². The van der Waals surface area contributed by atoms with Crippen LogP contribution in [0.3, 0.4) is 0 Å². The molecule has 0 radical (unpaired) electrons. The highest BCUT2D eigenvalue weighted by atomic mass is 16.3. The van der Waals surface area contributed by atoms with Crippen LogP contribution in [0.2, 0.25) is 0 Å². The van der Waals surface area contributed by atoms with Crippen LogP contribution in [0.1, 0.15) is 16.1 Å². The Hall–Kier alpha value is -3.47. The highest BCUT2D eigenvalue weighted by molar-refractivity contribution is 6.07. The Balaban J connectivity index is 1.78. The predicted octanol–water partition coefficient (Wildman–Crippen LogP) is 3.90. The SMILES string of the molecule is Cc1cccc2c(=O)cc(C(=O)Nc3cccc4cccnc34)oc12. The first-order valence-corrected chi connectivity index (χ1v) is 7.82. The molecule has 4 aromatic rings. The zero-order valence-corrected chi connectivity index (χ0v) is 13.4. The van der Waals surface area contributed by atoms with Crippen LogP contribution in [0.4, 0.5) is 5.69 Å². The second kappa shape index (κ2) is 5.87. The van der Waals surface area contributed by atoms with Crippen molar-refractivity contribution in [3.05, 3.63) is 82.3 Å². The average Bonchev–Trinajstić information content (AvgIpc) is 2.63. The van der Waals surface area contributed by atoms with Gasteiger partial charge in [0.1, 0.15) is 5.58 Å². The fourth-order valence-corrected chi connectivity index (χ4v) is 2.82. The summed E-state index contributed by atoms with van der Waals surface area (Å²) in [5.74, 6) is -0.514. The molecule has 122 valence electrons. The first kappa shape index (κ1) is 15.1. The molecular formula is C20H14N2O3. The van der Waals surface area contributed by atoms with E-state index in [-0.39, 0.29) is 11.2 Å². The number of amides is 1. The third kappa shape index (κ3) is 2.65. The van der Waals surface area contributed by atoms with Gasteiger partial charge < -0.3 is 9.73 Å². The Morgan fingerprint density at radius 3 is 2.76 bits per heavy atom. The van der Waals surface area contributed by atoms with E-state index in [1.807, 2.05) is 37.3 Å². The van der Waals surface area contributed by atoms with Crippen LogP contribution in [0.5, 0.6) is 0 Å². The van der Waals surface area contributed by atoms with E-state index in [2.05, 4.69) is 10.3 Å². The van der Waals surface area contributed by atoms with Crippen LogP contribution in [0.15, 0.2) is 70.0 Å². The second-order valence-electron chi connectivity index (χ2n) is 5.76. The Kier molecular flexibility index (Phi) is 3.54. The second-order valence-corrected chi connectivity index (χ2v) is 5.76. The number of pyridine rings is 1. The lowest BCUT2D eigenvalue weighted by atomic mass is 10.1. The summed E-state index contributed by atoms with van der Waals surface area (Å²) >= 11 is 0. The molecule has 2 heterocycles. The normalized spacial score (nSPS) is 10.9. The third-order valence-electron chi connectivity index (χ3n) is 4.06. The van der Waals surface area contributed by atoms with Crippen molar-refractivity contribution in [1.82, 2.24) is 4.98 Å². The van der Waals surface area contributed by atoms with Gasteiger partial charge in [0, 0.05) is 17.6 Å². The number of para-hydroxylation sites is 2. The molecule has 0 saturated heterocycles. The zero-order chi connectivity index (χ0) is 17.4. The largest absolute Gasteiger partial charge is 0.450 e. The molecule has 0 saturated carbocycles. The van der Waals surface area contributed by atoms with Gasteiger partial charge in [0.15, 0.2) is 11.2 Å². The number of carbonyl (C=O) groups is 1. The summed E-state index contributed by atoms with van der Waals surface area (Å²) in [6, 6.07) is 15.8. The molecule has 4 rings (SSSR count). The van der Waals surface area contributed by atoms with Crippen LogP contribution in [0.25, 0.3) is 21.9 Å².